The molecule has 11 heteroatoms. The Morgan fingerprint density at radius 2 is 1.73 bits per heavy atom. The molecular weight excluding hydrogens is 398 g/mol. The maximum absolute atomic E-state index is 11.9. The molecule has 30 heavy (non-hydrogen) atoms. The van der Waals surface area contributed by atoms with Crippen LogP contribution in [-0.2, 0) is 25.7 Å². The van der Waals surface area contributed by atoms with Crippen LogP contribution in [0.25, 0.3) is 0 Å². The fourth-order valence-electron chi connectivity index (χ4n) is 2.77. The van der Waals surface area contributed by atoms with Crippen molar-refractivity contribution >= 4 is 17.8 Å². The van der Waals surface area contributed by atoms with Gasteiger partial charge in [-0.15, -0.1) is 0 Å². The smallest absolute Gasteiger partial charge is 0.414 e. The van der Waals surface area contributed by atoms with Gasteiger partial charge in [0.25, 0.3) is 0 Å². The Bertz CT molecular complexity index is 710. The molecule has 0 aromatic heterocycles. The highest BCUT2D eigenvalue weighted by Crippen LogP contribution is 2.32. The number of ether oxygens (including phenoxy) is 3. The number of carboxylic acid groups (broad SMARTS) is 2. The molecule has 0 unspecified atom stereocenters. The molecule has 0 bridgehead atoms. The number of carboxylic acids is 2. The molecule has 2 aliphatic heterocycles. The summed E-state index contributed by atoms with van der Waals surface area (Å²) in [6, 6.07) is 5.70. The number of rotatable bonds is 8. The molecule has 0 spiro atoms. The van der Waals surface area contributed by atoms with Gasteiger partial charge in [-0.2, -0.15) is 0 Å². The van der Waals surface area contributed by atoms with Crippen molar-refractivity contribution in [2.24, 2.45) is 0 Å². The predicted molar refractivity (Wildman–Crippen MR) is 104 cm³/mol. The van der Waals surface area contributed by atoms with Gasteiger partial charge in [-0.1, -0.05) is 6.07 Å². The van der Waals surface area contributed by atoms with Crippen molar-refractivity contribution in [2.45, 2.75) is 13.0 Å². The van der Waals surface area contributed by atoms with Gasteiger partial charge < -0.3 is 35.1 Å². The molecule has 2 aliphatic rings. The van der Waals surface area contributed by atoms with Crippen molar-refractivity contribution in [3.63, 3.8) is 0 Å². The first kappa shape index (κ1) is 23.4. The zero-order valence-corrected chi connectivity index (χ0v) is 16.6. The van der Waals surface area contributed by atoms with E-state index in [1.54, 1.807) is 0 Å². The summed E-state index contributed by atoms with van der Waals surface area (Å²) in [5, 5.41) is 20.9. The van der Waals surface area contributed by atoms with Crippen LogP contribution in [0.5, 0.6) is 11.5 Å². The molecule has 0 aliphatic carbocycles. The quantitative estimate of drug-likeness (QED) is 0.317. The molecule has 0 atom stereocenters. The van der Waals surface area contributed by atoms with Gasteiger partial charge in [0.2, 0.25) is 12.7 Å². The minimum Gasteiger partial charge on any atom is -0.473 e. The van der Waals surface area contributed by atoms with Crippen molar-refractivity contribution in [3.8, 4) is 11.5 Å². The Balaban J connectivity index is 0.000000469. The summed E-state index contributed by atoms with van der Waals surface area (Å²) in [5.74, 6) is -2.15. The van der Waals surface area contributed by atoms with Crippen LogP contribution in [0.15, 0.2) is 18.2 Å². The lowest BCUT2D eigenvalue weighted by atomic mass is 10.2. The standard InChI is InChI=1S/C17H25N3O4.C2H2O4/c21-17(12-18-4-1-5-20-6-8-22-9-7-20)19-11-14-2-3-15-16(10-14)24-13-23-15;3-1(4)2(5)6/h2-3,10,18H,1,4-9,11-13H2,(H,19,21);(H,3,4)(H,5,6). The van der Waals surface area contributed by atoms with Crippen LogP contribution in [0.4, 0.5) is 0 Å². The van der Waals surface area contributed by atoms with Gasteiger partial charge in [0.05, 0.1) is 19.8 Å². The van der Waals surface area contributed by atoms with E-state index in [0.717, 1.165) is 62.9 Å². The Kier molecular flexibility index (Phi) is 9.84. The average Bonchev–Trinajstić information content (AvgIpc) is 3.21. The van der Waals surface area contributed by atoms with E-state index in [1.165, 1.54) is 0 Å². The largest absolute Gasteiger partial charge is 0.473 e. The third-order valence-corrected chi connectivity index (χ3v) is 4.33. The van der Waals surface area contributed by atoms with E-state index < -0.39 is 11.9 Å². The van der Waals surface area contributed by atoms with E-state index in [4.69, 9.17) is 34.0 Å². The van der Waals surface area contributed by atoms with Crippen LogP contribution in [-0.4, -0.2) is 85.7 Å². The molecule has 0 saturated carbocycles. The Morgan fingerprint density at radius 3 is 2.43 bits per heavy atom. The highest BCUT2D eigenvalue weighted by atomic mass is 16.7. The van der Waals surface area contributed by atoms with E-state index in [9.17, 15) is 4.79 Å². The maximum atomic E-state index is 11.9. The van der Waals surface area contributed by atoms with Crippen LogP contribution < -0.4 is 20.1 Å². The number of hydrogen-bond acceptors (Lipinski definition) is 8. The summed E-state index contributed by atoms with van der Waals surface area (Å²) in [5.41, 5.74) is 1.000. The second kappa shape index (κ2) is 12.6. The van der Waals surface area contributed by atoms with Gasteiger partial charge >= 0.3 is 11.9 Å². The molecular formula is C19H27N3O8. The number of aliphatic carboxylic acids is 2. The lowest BCUT2D eigenvalue weighted by molar-refractivity contribution is -0.159. The first-order chi connectivity index (χ1) is 14.5. The molecule has 0 radical (unpaired) electrons. The second-order valence-electron chi connectivity index (χ2n) is 6.56. The summed E-state index contributed by atoms with van der Waals surface area (Å²) >= 11 is 0. The van der Waals surface area contributed by atoms with Crippen LogP contribution in [0, 0.1) is 0 Å². The second-order valence-corrected chi connectivity index (χ2v) is 6.56. The van der Waals surface area contributed by atoms with Crippen LogP contribution in [0.2, 0.25) is 0 Å². The third-order valence-electron chi connectivity index (χ3n) is 4.33. The SMILES string of the molecule is O=C(CNCCCN1CCOCC1)NCc1ccc2c(c1)OCO2.O=C(O)C(=O)O. The van der Waals surface area contributed by atoms with Crippen molar-refractivity contribution in [3.05, 3.63) is 23.8 Å². The van der Waals surface area contributed by atoms with Gasteiger partial charge in [-0.3, -0.25) is 9.69 Å². The van der Waals surface area contributed by atoms with E-state index in [1.807, 2.05) is 18.2 Å². The fraction of sp³-hybridized carbons (Fsp3) is 0.526. The monoisotopic (exact) mass is 425 g/mol. The van der Waals surface area contributed by atoms with Gasteiger partial charge in [0.1, 0.15) is 0 Å². The van der Waals surface area contributed by atoms with E-state index in [-0.39, 0.29) is 12.7 Å². The van der Waals surface area contributed by atoms with Crippen molar-refractivity contribution in [1.29, 1.82) is 0 Å². The number of nitrogens with one attached hydrogen (secondary N) is 2. The fourth-order valence-corrected chi connectivity index (χ4v) is 2.77. The Labute approximate surface area is 173 Å². The zero-order valence-electron chi connectivity index (χ0n) is 16.6. The molecule has 3 rings (SSSR count). The van der Waals surface area contributed by atoms with E-state index in [2.05, 4.69) is 15.5 Å². The van der Waals surface area contributed by atoms with Crippen LogP contribution >= 0.6 is 0 Å². The first-order valence-electron chi connectivity index (χ1n) is 9.58. The molecule has 4 N–H and O–H groups in total. The van der Waals surface area contributed by atoms with Crippen molar-refractivity contribution in [2.75, 3.05) is 52.7 Å². The van der Waals surface area contributed by atoms with Gasteiger partial charge in [0.15, 0.2) is 11.5 Å². The summed E-state index contributed by atoms with van der Waals surface area (Å²) in [4.78, 5) is 32.5. The molecule has 1 amide bonds. The summed E-state index contributed by atoms with van der Waals surface area (Å²) in [6.07, 6.45) is 1.04. The molecule has 1 saturated heterocycles. The number of carbonyl (C=O) groups excluding carboxylic acids is 1. The summed E-state index contributed by atoms with van der Waals surface area (Å²) < 4.78 is 15.9. The Morgan fingerprint density at radius 1 is 1.03 bits per heavy atom. The molecule has 2 heterocycles. The zero-order chi connectivity index (χ0) is 21.8. The number of amides is 1. The summed E-state index contributed by atoms with van der Waals surface area (Å²) in [7, 11) is 0. The maximum Gasteiger partial charge on any atom is 0.414 e. The topological polar surface area (TPSA) is 147 Å². The molecule has 166 valence electrons. The van der Waals surface area contributed by atoms with Crippen LogP contribution in [0.1, 0.15) is 12.0 Å². The van der Waals surface area contributed by atoms with E-state index >= 15 is 0 Å². The summed E-state index contributed by atoms with van der Waals surface area (Å²) in [6.45, 7) is 6.67. The van der Waals surface area contributed by atoms with Gasteiger partial charge in [-0.05, 0) is 37.2 Å². The number of morpholine rings is 1. The lowest BCUT2D eigenvalue weighted by Gasteiger charge is -2.26. The molecule has 11 nitrogen and oxygen atoms in total. The number of benzene rings is 1. The normalized spacial score (nSPS) is 15.1. The lowest BCUT2D eigenvalue weighted by Crippen LogP contribution is -2.38. The number of fused-ring (bicyclic) bond motifs is 1. The predicted octanol–water partition coefficient (Wildman–Crippen LogP) is -0.501. The van der Waals surface area contributed by atoms with Crippen molar-refractivity contribution in [1.82, 2.24) is 15.5 Å². The minimum atomic E-state index is -1.82. The number of nitrogens with zero attached hydrogens (tertiary/aromatic N) is 1. The highest BCUT2D eigenvalue weighted by molar-refractivity contribution is 6.27. The molecule has 1 fully saturated rings. The van der Waals surface area contributed by atoms with Gasteiger partial charge in [0, 0.05) is 19.6 Å². The number of carbonyl (C=O) groups is 3. The third kappa shape index (κ3) is 8.64. The number of hydrogen-bond donors (Lipinski definition) is 4. The molecule has 1 aromatic rings. The molecule has 1 aromatic carbocycles. The van der Waals surface area contributed by atoms with Crippen LogP contribution in [0.3, 0.4) is 0 Å². The average molecular weight is 425 g/mol. The first-order valence-corrected chi connectivity index (χ1v) is 9.58. The van der Waals surface area contributed by atoms with Crippen molar-refractivity contribution < 1.29 is 38.8 Å². The van der Waals surface area contributed by atoms with Gasteiger partial charge in [-0.25, -0.2) is 9.59 Å². The minimum absolute atomic E-state index is 0.000889. The van der Waals surface area contributed by atoms with E-state index in [0.29, 0.717) is 13.1 Å². The Hall–Kier alpha value is -2.89. The highest BCUT2D eigenvalue weighted by Gasteiger charge is 2.13.